The minimum absolute atomic E-state index is 0. The Morgan fingerprint density at radius 2 is 1.72 bits per heavy atom. The summed E-state index contributed by atoms with van der Waals surface area (Å²) in [5.74, 6) is -0.176. The summed E-state index contributed by atoms with van der Waals surface area (Å²) in [5, 5.41) is 0. The van der Waals surface area contributed by atoms with Crippen molar-refractivity contribution in [3.63, 3.8) is 0 Å². The first-order chi connectivity index (χ1) is 17.5. The summed E-state index contributed by atoms with van der Waals surface area (Å²) in [4.78, 5) is 26.6. The van der Waals surface area contributed by atoms with Crippen molar-refractivity contribution in [1.29, 1.82) is 0 Å². The molecule has 6 nitrogen and oxygen atoms in total. The third-order valence-corrected chi connectivity index (χ3v) is 5.51. The van der Waals surface area contributed by atoms with Gasteiger partial charge in [-0.15, -0.1) is 12.4 Å². The van der Waals surface area contributed by atoms with E-state index in [0.29, 0.717) is 51.7 Å². The number of rotatable bonds is 6. The van der Waals surface area contributed by atoms with Gasteiger partial charge in [-0.3, -0.25) is 9.18 Å². The normalized spacial score (nSPS) is 12.8. The highest BCUT2D eigenvalue weighted by Crippen LogP contribution is 2.28. The third-order valence-electron chi connectivity index (χ3n) is 5.51. The van der Waals surface area contributed by atoms with Gasteiger partial charge in [-0.1, -0.05) is 49.9 Å². The molecular formula is C27H35ClF2N4O2. The second-order valence-electron chi connectivity index (χ2n) is 8.02. The number of morpholine rings is 1. The zero-order valence-electron chi connectivity index (χ0n) is 22.2. The van der Waals surface area contributed by atoms with Crippen LogP contribution in [0.5, 0.6) is 0 Å². The van der Waals surface area contributed by atoms with E-state index in [9.17, 15) is 13.6 Å². The van der Waals surface area contributed by atoms with Crippen molar-refractivity contribution >= 4 is 24.3 Å². The number of ether oxygens (including phenoxy) is 1. The molecule has 4 rings (SSSR count). The van der Waals surface area contributed by atoms with Crippen LogP contribution in [0.15, 0.2) is 60.8 Å². The Morgan fingerprint density at radius 1 is 1.11 bits per heavy atom. The number of amides is 1. The van der Waals surface area contributed by atoms with E-state index in [1.165, 1.54) is 19.7 Å². The molecule has 9 heteroatoms. The Kier molecular flexibility index (Phi) is 12.2. The van der Waals surface area contributed by atoms with E-state index in [4.69, 9.17) is 6.11 Å². The standard InChI is InChI=1S/C25H27FN4O2.CH3F.CH4.ClH/c1-18(2)30(17-19-8-4-3-5-9-19)24(31)21-16-27-25(29-12-14-32-15-13-29)28-23(21)20-10-6-7-11-22(20)26;1-2;;/h3-11,16,18H,12-15,17H2,1-2H3;1H3;1H4;1H/i;;1D;. The van der Waals surface area contributed by atoms with Gasteiger partial charge in [-0.05, 0) is 31.5 Å². The van der Waals surface area contributed by atoms with Crippen molar-refractivity contribution in [3.8, 4) is 11.3 Å². The second kappa shape index (κ2) is 15.1. The van der Waals surface area contributed by atoms with Gasteiger partial charge in [0.05, 0.1) is 31.6 Å². The number of anilines is 1. The van der Waals surface area contributed by atoms with Crippen molar-refractivity contribution in [2.24, 2.45) is 0 Å². The predicted molar refractivity (Wildman–Crippen MR) is 143 cm³/mol. The van der Waals surface area contributed by atoms with Gasteiger partial charge in [0.25, 0.3) is 5.91 Å². The molecule has 0 spiro atoms. The second-order valence-corrected chi connectivity index (χ2v) is 8.02. The molecule has 0 radical (unpaired) electrons. The molecule has 0 aliphatic carbocycles. The lowest BCUT2D eigenvalue weighted by molar-refractivity contribution is 0.0690. The lowest BCUT2D eigenvalue weighted by Crippen LogP contribution is -2.38. The van der Waals surface area contributed by atoms with Gasteiger partial charge in [0, 0.05) is 38.8 Å². The number of carbonyl (C=O) groups excluding carboxylic acids is 1. The van der Waals surface area contributed by atoms with Gasteiger partial charge in [-0.2, -0.15) is 0 Å². The molecule has 0 saturated carbocycles. The van der Waals surface area contributed by atoms with Gasteiger partial charge in [0.2, 0.25) is 5.95 Å². The lowest BCUT2D eigenvalue weighted by atomic mass is 10.0. The maximum Gasteiger partial charge on any atom is 0.258 e. The van der Waals surface area contributed by atoms with Gasteiger partial charge in [0.15, 0.2) is 0 Å². The number of alkyl halides is 1. The Hall–Kier alpha value is -3.10. The van der Waals surface area contributed by atoms with Gasteiger partial charge < -0.3 is 14.5 Å². The highest BCUT2D eigenvalue weighted by atomic mass is 35.5. The van der Waals surface area contributed by atoms with Crippen LogP contribution >= 0.6 is 12.4 Å². The number of aromatic nitrogens is 2. The number of benzene rings is 2. The summed E-state index contributed by atoms with van der Waals surface area (Å²) in [6, 6.07) is 16.1. The van der Waals surface area contributed by atoms with Gasteiger partial charge in [-0.25, -0.2) is 14.4 Å². The van der Waals surface area contributed by atoms with E-state index in [2.05, 4.69) is 9.97 Å². The zero-order chi connectivity index (χ0) is 26.5. The van der Waals surface area contributed by atoms with E-state index in [0.717, 1.165) is 5.56 Å². The molecule has 2 heterocycles. The zero-order valence-corrected chi connectivity index (χ0v) is 22.0. The SMILES string of the molecule is CC(C)N(Cc1ccccc1)C(=O)c1cnc(N2CCOCC2)nc1-c1ccccc1F.CF.Cl.[2H]C. The summed E-state index contributed by atoms with van der Waals surface area (Å²) in [6.07, 6.45) is 1.53. The molecule has 0 atom stereocenters. The van der Waals surface area contributed by atoms with Crippen LogP contribution in [0.25, 0.3) is 11.3 Å². The first-order valence-corrected chi connectivity index (χ1v) is 11.2. The first-order valence-electron chi connectivity index (χ1n) is 12.2. The van der Waals surface area contributed by atoms with Crippen molar-refractivity contribution in [2.45, 2.75) is 33.8 Å². The monoisotopic (exact) mass is 521 g/mol. The highest BCUT2D eigenvalue weighted by molar-refractivity contribution is 6.00. The smallest absolute Gasteiger partial charge is 0.258 e. The Bertz CT molecular complexity index is 1090. The summed E-state index contributed by atoms with van der Waals surface area (Å²) in [5.41, 5.74) is 1.91. The van der Waals surface area contributed by atoms with Crippen LogP contribution in [0.1, 0.15) is 38.5 Å². The third kappa shape index (κ3) is 7.45. The van der Waals surface area contributed by atoms with Crippen LogP contribution in [0.4, 0.5) is 14.7 Å². The topological polar surface area (TPSA) is 58.6 Å². The van der Waals surface area contributed by atoms with Crippen LogP contribution in [-0.2, 0) is 11.3 Å². The summed E-state index contributed by atoms with van der Waals surface area (Å²) >= 11 is 0. The fourth-order valence-corrected chi connectivity index (χ4v) is 3.73. The molecule has 2 aromatic carbocycles. The molecule has 0 N–H and O–H groups in total. The maximum atomic E-state index is 14.8. The van der Waals surface area contributed by atoms with Crippen LogP contribution in [0.3, 0.4) is 0 Å². The molecular weight excluding hydrogens is 486 g/mol. The number of hydrogen-bond acceptors (Lipinski definition) is 5. The minimum Gasteiger partial charge on any atom is -0.378 e. The number of hydrogen-bond donors (Lipinski definition) is 0. The van der Waals surface area contributed by atoms with Crippen molar-refractivity contribution in [2.75, 3.05) is 38.4 Å². The highest BCUT2D eigenvalue weighted by Gasteiger charge is 2.26. The Morgan fingerprint density at radius 3 is 2.33 bits per heavy atom. The van der Waals surface area contributed by atoms with E-state index >= 15 is 0 Å². The van der Waals surface area contributed by atoms with Crippen LogP contribution < -0.4 is 4.90 Å². The molecule has 3 aromatic rings. The minimum atomic E-state index is -0.424. The molecule has 1 fully saturated rings. The molecule has 36 heavy (non-hydrogen) atoms. The molecule has 1 aliphatic heterocycles. The molecule has 1 aromatic heterocycles. The van der Waals surface area contributed by atoms with Crippen molar-refractivity contribution < 1.29 is 19.7 Å². The molecule has 1 aliphatic rings. The molecule has 0 bridgehead atoms. The molecule has 196 valence electrons. The largest absolute Gasteiger partial charge is 0.378 e. The first kappa shape index (κ1) is 29.1. The van der Waals surface area contributed by atoms with Gasteiger partial charge in [0.1, 0.15) is 5.82 Å². The summed E-state index contributed by atoms with van der Waals surface area (Å²) < 4.78 is 35.4. The summed E-state index contributed by atoms with van der Waals surface area (Å²) in [7, 11) is 1.75. The van der Waals surface area contributed by atoms with Crippen molar-refractivity contribution in [3.05, 3.63) is 77.7 Å². The summed E-state index contributed by atoms with van der Waals surface area (Å²) in [6.45, 7) is 6.83. The van der Waals surface area contributed by atoms with E-state index in [1.807, 2.05) is 49.1 Å². The molecule has 1 amide bonds. The number of carbonyl (C=O) groups is 1. The fraction of sp³-hybridized carbons (Fsp3) is 0.370. The Labute approximate surface area is 220 Å². The molecule has 0 unspecified atom stereocenters. The van der Waals surface area contributed by atoms with E-state index < -0.39 is 5.82 Å². The Balaban J connectivity index is 0.00000131. The fourth-order valence-electron chi connectivity index (χ4n) is 3.73. The number of nitrogens with zero attached hydrogens (tertiary/aromatic N) is 4. The quantitative estimate of drug-likeness (QED) is 0.409. The maximum absolute atomic E-state index is 14.8. The predicted octanol–water partition coefficient (Wildman–Crippen LogP) is 5.81. The van der Waals surface area contributed by atoms with Crippen LogP contribution in [0.2, 0.25) is 0 Å². The van der Waals surface area contributed by atoms with E-state index in [-0.39, 0.29) is 35.5 Å². The van der Waals surface area contributed by atoms with Crippen LogP contribution in [-0.4, -0.2) is 60.3 Å². The number of halogens is 3. The van der Waals surface area contributed by atoms with Crippen molar-refractivity contribution in [1.82, 2.24) is 14.9 Å². The molecule has 1 saturated heterocycles. The average Bonchev–Trinajstić information content (AvgIpc) is 2.94. The van der Waals surface area contributed by atoms with Crippen LogP contribution in [0, 0.1) is 5.82 Å². The lowest BCUT2D eigenvalue weighted by Gasteiger charge is -2.29. The average molecular weight is 522 g/mol. The van der Waals surface area contributed by atoms with Gasteiger partial charge >= 0.3 is 0 Å². The van der Waals surface area contributed by atoms with E-state index in [1.54, 1.807) is 23.1 Å².